The number of hydrogen-bond acceptors (Lipinski definition) is 12. The zero-order valence-corrected chi connectivity index (χ0v) is 37.4. The highest BCUT2D eigenvalue weighted by atomic mass is 16.2. The van der Waals surface area contributed by atoms with E-state index in [1.54, 1.807) is 18.5 Å². The Bertz CT molecular complexity index is 2250. The van der Waals surface area contributed by atoms with Crippen LogP contribution >= 0.6 is 0 Å². The van der Waals surface area contributed by atoms with Crippen LogP contribution in [-0.4, -0.2) is 165 Å². The minimum atomic E-state index is -0.974. The van der Waals surface area contributed by atoms with Gasteiger partial charge in [-0.2, -0.15) is 5.10 Å². The third kappa shape index (κ3) is 9.23. The van der Waals surface area contributed by atoms with Crippen molar-refractivity contribution in [3.8, 4) is 0 Å². The summed E-state index contributed by atoms with van der Waals surface area (Å²) in [5.41, 5.74) is 3.81. The number of likely N-dealkylation sites (tertiary alicyclic amines) is 1. The molecule has 9 rings (SSSR count). The number of carbonyl (C=O) groups excluding carboxylic acids is 6. The second-order valence-corrected chi connectivity index (χ2v) is 19.0. The first-order chi connectivity index (χ1) is 31.0. The second-order valence-electron chi connectivity index (χ2n) is 19.0. The van der Waals surface area contributed by atoms with Crippen LogP contribution in [0.3, 0.4) is 0 Å². The third-order valence-electron chi connectivity index (χ3n) is 14.9. The molecule has 2 aromatic heterocycles. The molecule has 6 amide bonds. The Kier molecular flexibility index (Phi) is 13.0. The number of carbonyl (C=O) groups is 6. The van der Waals surface area contributed by atoms with Crippen LogP contribution in [0.4, 0.5) is 11.5 Å². The molecule has 0 spiro atoms. The van der Waals surface area contributed by atoms with Crippen LogP contribution in [0.5, 0.6) is 0 Å². The number of amides is 6. The van der Waals surface area contributed by atoms with Gasteiger partial charge in [-0.25, -0.2) is 9.50 Å². The number of hydrogen-bond donors (Lipinski definition) is 2. The number of nitrogens with zero attached hydrogens (tertiary/aromatic N) is 9. The van der Waals surface area contributed by atoms with E-state index in [2.05, 4.69) is 55.3 Å². The number of rotatable bonds is 12. The molecule has 1 unspecified atom stereocenters. The number of fused-ring (bicyclic) bond motifs is 2. The normalized spacial score (nSPS) is 24.2. The maximum Gasteiger partial charge on any atom is 0.262 e. The van der Waals surface area contributed by atoms with Crippen LogP contribution in [0.15, 0.2) is 36.8 Å². The van der Waals surface area contributed by atoms with Crippen molar-refractivity contribution in [3.63, 3.8) is 0 Å². The van der Waals surface area contributed by atoms with E-state index in [0.29, 0.717) is 35.0 Å². The number of piperidine rings is 2. The van der Waals surface area contributed by atoms with Crippen molar-refractivity contribution in [2.24, 2.45) is 5.92 Å². The van der Waals surface area contributed by atoms with Gasteiger partial charge in [0.25, 0.3) is 11.8 Å². The van der Waals surface area contributed by atoms with Gasteiger partial charge in [0, 0.05) is 109 Å². The Morgan fingerprint density at radius 3 is 2.16 bits per heavy atom. The number of anilines is 2. The van der Waals surface area contributed by atoms with Crippen molar-refractivity contribution in [1.82, 2.24) is 44.4 Å². The minimum Gasteiger partial charge on any atom is -0.369 e. The summed E-state index contributed by atoms with van der Waals surface area (Å²) in [5, 5.41) is 10.4. The fraction of sp³-hybridized carbons (Fsp3) is 0.617. The molecule has 0 radical (unpaired) electrons. The molecule has 1 aromatic carbocycles. The SMILES string of the molecule is CC(C)c1ccn2ncnc(NC3CCC(N4CCN(C(=O)CCC(=O)N5CCC(CCN6CCN(c7ccc8c(c7)C(=O)N(C7CCC(=O)NC7=O)C8=O)CC6)CC5)CC4)CC3)c12. The van der Waals surface area contributed by atoms with Crippen molar-refractivity contribution >= 4 is 52.5 Å². The molecule has 4 saturated heterocycles. The van der Waals surface area contributed by atoms with Gasteiger partial charge >= 0.3 is 0 Å². The first kappa shape index (κ1) is 43.8. The van der Waals surface area contributed by atoms with Crippen molar-refractivity contribution in [2.75, 3.05) is 82.2 Å². The molecule has 342 valence electrons. The van der Waals surface area contributed by atoms with E-state index in [1.807, 2.05) is 26.6 Å². The van der Waals surface area contributed by atoms with Gasteiger partial charge < -0.3 is 20.0 Å². The van der Waals surface area contributed by atoms with Crippen LogP contribution in [0.2, 0.25) is 0 Å². The fourth-order valence-electron chi connectivity index (χ4n) is 10.9. The molecule has 1 saturated carbocycles. The van der Waals surface area contributed by atoms with E-state index >= 15 is 0 Å². The van der Waals surface area contributed by atoms with Gasteiger partial charge in [0.15, 0.2) is 5.82 Å². The third-order valence-corrected chi connectivity index (χ3v) is 14.9. The monoisotopic (exact) mass is 877 g/mol. The average Bonchev–Trinajstić information content (AvgIpc) is 3.87. The highest BCUT2D eigenvalue weighted by molar-refractivity contribution is 6.23. The number of benzene rings is 1. The van der Waals surface area contributed by atoms with Crippen LogP contribution < -0.4 is 15.5 Å². The van der Waals surface area contributed by atoms with E-state index in [-0.39, 0.29) is 37.5 Å². The average molecular weight is 878 g/mol. The summed E-state index contributed by atoms with van der Waals surface area (Å²) in [5.74, 6) is 0.0797. The molecule has 7 heterocycles. The zero-order valence-electron chi connectivity index (χ0n) is 37.4. The summed E-state index contributed by atoms with van der Waals surface area (Å²) in [7, 11) is 0. The molecule has 5 fully saturated rings. The Hall–Kier alpha value is -5.42. The summed E-state index contributed by atoms with van der Waals surface area (Å²) in [4.78, 5) is 93.8. The van der Waals surface area contributed by atoms with Gasteiger partial charge in [0.2, 0.25) is 23.6 Å². The standard InChI is InChI=1S/C47H63N11O6/c1-31(2)36-16-20-57-43(36)44(48-30-49-57)50-33-3-5-34(6-4-33)53-25-27-56(28-26-53)42(61)12-11-41(60)55-18-14-32(15-19-55)13-17-52-21-23-54(24-22-52)35-7-8-37-38(29-35)47(64)58(46(37)63)39-9-10-40(59)51-45(39)62/h7-8,16,20,29-34,39H,3-6,9-15,17-19,21-28H2,1-2H3,(H,48,49,50)(H,51,59,62). The molecular weight excluding hydrogens is 815 g/mol. The van der Waals surface area contributed by atoms with Gasteiger partial charge in [0.1, 0.15) is 17.9 Å². The van der Waals surface area contributed by atoms with Crippen molar-refractivity contribution in [1.29, 1.82) is 0 Å². The highest BCUT2D eigenvalue weighted by Crippen LogP contribution is 2.33. The zero-order chi connectivity index (χ0) is 44.5. The summed E-state index contributed by atoms with van der Waals surface area (Å²) in [6.07, 6.45) is 11.9. The van der Waals surface area contributed by atoms with Gasteiger partial charge in [-0.05, 0) is 99.6 Å². The Balaban J connectivity index is 0.641. The van der Waals surface area contributed by atoms with Gasteiger partial charge in [-0.3, -0.25) is 48.8 Å². The molecule has 1 atom stereocenters. The lowest BCUT2D eigenvalue weighted by molar-refractivity contribution is -0.139. The summed E-state index contributed by atoms with van der Waals surface area (Å²) >= 11 is 0. The molecule has 17 nitrogen and oxygen atoms in total. The van der Waals surface area contributed by atoms with Crippen molar-refractivity contribution in [2.45, 2.75) is 109 Å². The lowest BCUT2D eigenvalue weighted by Gasteiger charge is -2.42. The van der Waals surface area contributed by atoms with Crippen LogP contribution in [0.25, 0.3) is 5.52 Å². The van der Waals surface area contributed by atoms with E-state index in [9.17, 15) is 28.8 Å². The fourth-order valence-corrected chi connectivity index (χ4v) is 10.9. The van der Waals surface area contributed by atoms with Gasteiger partial charge in [-0.15, -0.1) is 0 Å². The van der Waals surface area contributed by atoms with Gasteiger partial charge in [-0.1, -0.05) is 13.8 Å². The van der Waals surface area contributed by atoms with E-state index in [0.717, 1.165) is 139 Å². The molecular formula is C47H63N11O6. The Labute approximate surface area is 374 Å². The molecule has 5 aliphatic heterocycles. The smallest absolute Gasteiger partial charge is 0.262 e. The lowest BCUT2D eigenvalue weighted by atomic mass is 9.89. The largest absolute Gasteiger partial charge is 0.369 e. The van der Waals surface area contributed by atoms with Crippen molar-refractivity contribution < 1.29 is 28.8 Å². The topological polar surface area (TPSA) is 176 Å². The van der Waals surface area contributed by atoms with Crippen LogP contribution in [-0.2, 0) is 19.2 Å². The first-order valence-corrected chi connectivity index (χ1v) is 23.7. The Morgan fingerprint density at radius 2 is 1.47 bits per heavy atom. The molecule has 2 N–H and O–H groups in total. The summed E-state index contributed by atoms with van der Waals surface area (Å²) in [6.45, 7) is 13.5. The quantitative estimate of drug-likeness (QED) is 0.255. The highest BCUT2D eigenvalue weighted by Gasteiger charge is 2.45. The molecule has 0 bridgehead atoms. The van der Waals surface area contributed by atoms with Gasteiger partial charge in [0.05, 0.1) is 11.1 Å². The van der Waals surface area contributed by atoms with Crippen molar-refractivity contribution in [3.05, 3.63) is 53.5 Å². The van der Waals surface area contributed by atoms with Crippen LogP contribution in [0.1, 0.15) is 117 Å². The number of piperazine rings is 2. The minimum absolute atomic E-state index is 0.0909. The Morgan fingerprint density at radius 1 is 0.781 bits per heavy atom. The molecule has 3 aromatic rings. The van der Waals surface area contributed by atoms with E-state index in [4.69, 9.17) is 0 Å². The lowest BCUT2D eigenvalue weighted by Crippen LogP contribution is -2.54. The predicted molar refractivity (Wildman–Crippen MR) is 240 cm³/mol. The van der Waals surface area contributed by atoms with E-state index in [1.165, 1.54) is 5.56 Å². The maximum absolute atomic E-state index is 13.3. The maximum atomic E-state index is 13.3. The number of aromatic nitrogens is 3. The first-order valence-electron chi connectivity index (χ1n) is 23.7. The number of imide groups is 2. The molecule has 64 heavy (non-hydrogen) atoms. The molecule has 6 aliphatic rings. The molecule has 1 aliphatic carbocycles. The summed E-state index contributed by atoms with van der Waals surface area (Å²) in [6, 6.07) is 7.39. The molecule has 17 heteroatoms. The predicted octanol–water partition coefficient (Wildman–Crippen LogP) is 3.35. The van der Waals surface area contributed by atoms with Crippen LogP contribution in [0, 0.1) is 5.92 Å². The van der Waals surface area contributed by atoms with E-state index < -0.39 is 29.7 Å². The number of nitrogens with one attached hydrogen (secondary N) is 2. The second kappa shape index (κ2) is 19.0. The summed E-state index contributed by atoms with van der Waals surface area (Å²) < 4.78 is 1.92.